The van der Waals surface area contributed by atoms with Crippen LogP contribution in [-0.4, -0.2) is 61.6 Å². The average molecular weight is 464 g/mol. The fourth-order valence-electron chi connectivity index (χ4n) is 4.94. The number of aromatic nitrogens is 2. The number of morpholine rings is 1. The molecule has 3 fully saturated rings. The van der Waals surface area contributed by atoms with Gasteiger partial charge in [-0.15, -0.1) is 0 Å². The third-order valence-electron chi connectivity index (χ3n) is 7.03. The first-order valence-electron chi connectivity index (χ1n) is 12.5. The van der Waals surface area contributed by atoms with Gasteiger partial charge in [0.1, 0.15) is 12.2 Å². The number of nitriles is 1. The van der Waals surface area contributed by atoms with E-state index in [-0.39, 0.29) is 6.10 Å². The molecule has 8 nitrogen and oxygen atoms in total. The van der Waals surface area contributed by atoms with E-state index in [1.807, 2.05) is 12.1 Å². The summed E-state index contributed by atoms with van der Waals surface area (Å²) in [6.07, 6.45) is 5.30. The third-order valence-corrected chi connectivity index (χ3v) is 7.03. The number of rotatable bonds is 6. The molecule has 0 amide bonds. The van der Waals surface area contributed by atoms with E-state index in [0.29, 0.717) is 42.3 Å². The quantitative estimate of drug-likeness (QED) is 0.687. The van der Waals surface area contributed by atoms with E-state index in [1.165, 1.54) is 12.8 Å². The maximum atomic E-state index is 10.0. The van der Waals surface area contributed by atoms with Crippen LogP contribution in [0.1, 0.15) is 44.7 Å². The summed E-state index contributed by atoms with van der Waals surface area (Å²) in [5.74, 6) is 1.68. The van der Waals surface area contributed by atoms with Crippen LogP contribution in [0.25, 0.3) is 11.1 Å². The molecule has 0 spiro atoms. The topological polar surface area (TPSA) is 92.5 Å². The van der Waals surface area contributed by atoms with Crippen molar-refractivity contribution in [3.63, 3.8) is 0 Å². The van der Waals surface area contributed by atoms with Crippen molar-refractivity contribution >= 4 is 11.6 Å². The molecular weight excluding hydrogens is 430 g/mol. The lowest BCUT2D eigenvalue weighted by molar-refractivity contribution is 0.122. The molecule has 3 aliphatic rings. The Hall–Kier alpha value is -2.89. The van der Waals surface area contributed by atoms with Crippen LogP contribution in [-0.2, 0) is 9.47 Å². The van der Waals surface area contributed by atoms with E-state index in [9.17, 15) is 5.26 Å². The predicted molar refractivity (Wildman–Crippen MR) is 130 cm³/mol. The minimum absolute atomic E-state index is 0.0730. The molecule has 2 aliphatic heterocycles. The Bertz CT molecular complexity index is 1000. The molecule has 34 heavy (non-hydrogen) atoms. The Morgan fingerprint density at radius 2 is 1.76 bits per heavy atom. The lowest BCUT2D eigenvalue weighted by Crippen LogP contribution is -2.36. The van der Waals surface area contributed by atoms with Crippen LogP contribution in [0.2, 0.25) is 0 Å². The first-order valence-corrected chi connectivity index (χ1v) is 12.5. The normalized spacial score (nSPS) is 25.1. The molecule has 0 bridgehead atoms. The van der Waals surface area contributed by atoms with Crippen LogP contribution in [0.15, 0.2) is 24.3 Å². The molecule has 2 saturated heterocycles. The minimum Gasteiger partial charge on any atom is -0.471 e. The summed E-state index contributed by atoms with van der Waals surface area (Å²) in [4.78, 5) is 11.7. The second kappa shape index (κ2) is 10.6. The van der Waals surface area contributed by atoms with Crippen molar-refractivity contribution in [2.45, 2.75) is 51.2 Å². The molecular formula is C26H33N5O3. The Labute approximate surface area is 201 Å². The van der Waals surface area contributed by atoms with Gasteiger partial charge in [0.05, 0.1) is 32.0 Å². The standard InChI is InChI=1S/C26H33N5O3/c1-18-2-6-20(7-3-18)28-26-29-23(16-27)24(25(30-26)34-22-10-13-33-17-22)19-4-8-21(9-5-19)31-11-14-32-15-12-31/h4-5,8-9,18,20,22H,2-3,6-7,10-15,17H2,1H3,(H,28,29,30)/t18?,20?,22-/m1/s1. The molecule has 180 valence electrons. The summed E-state index contributed by atoms with van der Waals surface area (Å²) in [7, 11) is 0. The van der Waals surface area contributed by atoms with Gasteiger partial charge in [-0.25, -0.2) is 4.98 Å². The van der Waals surface area contributed by atoms with Crippen LogP contribution in [0, 0.1) is 17.2 Å². The third kappa shape index (κ3) is 5.26. The van der Waals surface area contributed by atoms with Crippen LogP contribution in [0.5, 0.6) is 5.88 Å². The second-order valence-corrected chi connectivity index (χ2v) is 9.54. The lowest BCUT2D eigenvalue weighted by atomic mass is 9.87. The van der Waals surface area contributed by atoms with Gasteiger partial charge in [-0.2, -0.15) is 10.2 Å². The maximum absolute atomic E-state index is 10.0. The zero-order chi connectivity index (χ0) is 23.3. The van der Waals surface area contributed by atoms with E-state index < -0.39 is 0 Å². The Kier molecular flexibility index (Phi) is 7.12. The van der Waals surface area contributed by atoms with E-state index in [4.69, 9.17) is 19.2 Å². The van der Waals surface area contributed by atoms with Crippen LogP contribution in [0.4, 0.5) is 11.6 Å². The molecule has 1 aliphatic carbocycles. The number of hydrogen-bond donors (Lipinski definition) is 1. The molecule has 1 saturated carbocycles. The summed E-state index contributed by atoms with van der Waals surface area (Å²) in [6, 6.07) is 10.8. The largest absolute Gasteiger partial charge is 0.471 e. The second-order valence-electron chi connectivity index (χ2n) is 9.54. The first kappa shape index (κ1) is 22.9. The Morgan fingerprint density at radius 3 is 2.44 bits per heavy atom. The molecule has 1 aromatic carbocycles. The van der Waals surface area contributed by atoms with E-state index in [2.05, 4.69) is 40.3 Å². The van der Waals surface area contributed by atoms with Crippen molar-refractivity contribution in [2.75, 3.05) is 49.7 Å². The summed E-state index contributed by atoms with van der Waals surface area (Å²) >= 11 is 0. The van der Waals surface area contributed by atoms with Crippen molar-refractivity contribution in [1.82, 2.24) is 9.97 Å². The molecule has 1 atom stereocenters. The highest BCUT2D eigenvalue weighted by molar-refractivity contribution is 5.75. The van der Waals surface area contributed by atoms with Crippen molar-refractivity contribution in [1.29, 1.82) is 5.26 Å². The lowest BCUT2D eigenvalue weighted by Gasteiger charge is -2.29. The molecule has 5 rings (SSSR count). The zero-order valence-electron chi connectivity index (χ0n) is 19.8. The zero-order valence-corrected chi connectivity index (χ0v) is 19.8. The summed E-state index contributed by atoms with van der Waals surface area (Å²) < 4.78 is 17.3. The van der Waals surface area contributed by atoms with Gasteiger partial charge in [-0.1, -0.05) is 19.1 Å². The molecule has 0 unspecified atom stereocenters. The van der Waals surface area contributed by atoms with Crippen molar-refractivity contribution in [3.05, 3.63) is 30.0 Å². The number of nitrogens with zero attached hydrogens (tertiary/aromatic N) is 4. The average Bonchev–Trinajstić information content (AvgIpc) is 3.39. The van der Waals surface area contributed by atoms with Gasteiger partial charge in [0.15, 0.2) is 5.69 Å². The SMILES string of the molecule is CC1CCC(Nc2nc(C#N)c(-c3ccc(N4CCOCC4)cc3)c(O[C@@H]3CCOC3)n2)CC1. The van der Waals surface area contributed by atoms with Gasteiger partial charge < -0.3 is 24.4 Å². The highest BCUT2D eigenvalue weighted by atomic mass is 16.5. The smallest absolute Gasteiger partial charge is 0.228 e. The van der Waals surface area contributed by atoms with E-state index in [0.717, 1.165) is 62.7 Å². The van der Waals surface area contributed by atoms with E-state index in [1.54, 1.807) is 0 Å². The Balaban J connectivity index is 1.45. The molecule has 8 heteroatoms. The van der Waals surface area contributed by atoms with Gasteiger partial charge in [-0.3, -0.25) is 0 Å². The molecule has 1 N–H and O–H groups in total. The van der Waals surface area contributed by atoms with Gasteiger partial charge in [0, 0.05) is 31.2 Å². The first-order chi connectivity index (χ1) is 16.7. The number of benzene rings is 1. The summed E-state index contributed by atoms with van der Waals surface area (Å²) in [5.41, 5.74) is 2.99. The van der Waals surface area contributed by atoms with Gasteiger partial charge in [0.25, 0.3) is 0 Å². The fraction of sp³-hybridized carbons (Fsp3) is 0.577. The van der Waals surface area contributed by atoms with Gasteiger partial charge in [0.2, 0.25) is 11.8 Å². The predicted octanol–water partition coefficient (Wildman–Crippen LogP) is 4.01. The molecule has 0 radical (unpaired) electrons. The number of anilines is 2. The number of ether oxygens (including phenoxy) is 3. The molecule has 1 aromatic heterocycles. The maximum Gasteiger partial charge on any atom is 0.228 e. The van der Waals surface area contributed by atoms with Crippen LogP contribution >= 0.6 is 0 Å². The van der Waals surface area contributed by atoms with Gasteiger partial charge >= 0.3 is 0 Å². The van der Waals surface area contributed by atoms with Crippen molar-refractivity contribution in [2.24, 2.45) is 5.92 Å². The fourth-order valence-corrected chi connectivity index (χ4v) is 4.94. The molecule has 3 heterocycles. The summed E-state index contributed by atoms with van der Waals surface area (Å²) in [6.45, 7) is 6.74. The van der Waals surface area contributed by atoms with Crippen molar-refractivity contribution in [3.8, 4) is 23.1 Å². The molecule has 2 aromatic rings. The van der Waals surface area contributed by atoms with Gasteiger partial charge in [-0.05, 0) is 49.3 Å². The summed E-state index contributed by atoms with van der Waals surface area (Å²) in [5, 5.41) is 13.5. The monoisotopic (exact) mass is 463 g/mol. The minimum atomic E-state index is -0.0730. The highest BCUT2D eigenvalue weighted by Gasteiger charge is 2.25. The van der Waals surface area contributed by atoms with Crippen LogP contribution < -0.4 is 15.0 Å². The van der Waals surface area contributed by atoms with E-state index >= 15 is 0 Å². The highest BCUT2D eigenvalue weighted by Crippen LogP contribution is 2.35. The number of hydrogen-bond acceptors (Lipinski definition) is 8. The number of nitrogens with one attached hydrogen (secondary N) is 1. The Morgan fingerprint density at radius 1 is 1.00 bits per heavy atom. The van der Waals surface area contributed by atoms with Crippen molar-refractivity contribution < 1.29 is 14.2 Å². The van der Waals surface area contributed by atoms with Crippen LogP contribution in [0.3, 0.4) is 0 Å².